The molecule has 1 heterocycles. The number of nitrogens with two attached hydrogens (primary N) is 1. The van der Waals surface area contributed by atoms with Crippen LogP contribution in [0.5, 0.6) is 0 Å². The number of hydrogen-bond acceptors (Lipinski definition) is 2. The summed E-state index contributed by atoms with van der Waals surface area (Å²) in [6.07, 6.45) is 2.13. The fraction of sp³-hybridized carbons (Fsp3) is 0.462. The van der Waals surface area contributed by atoms with Crippen LogP contribution in [0.3, 0.4) is 0 Å². The Morgan fingerprint density at radius 1 is 1.38 bits per heavy atom. The van der Waals surface area contributed by atoms with E-state index in [9.17, 15) is 0 Å². The Kier molecular flexibility index (Phi) is 3.25. The van der Waals surface area contributed by atoms with Crippen molar-refractivity contribution in [1.29, 1.82) is 0 Å². The molecule has 16 heavy (non-hydrogen) atoms. The minimum absolute atomic E-state index is 0.160. The van der Waals surface area contributed by atoms with Crippen molar-refractivity contribution in [3.63, 3.8) is 0 Å². The zero-order chi connectivity index (χ0) is 11.5. The van der Waals surface area contributed by atoms with Crippen LogP contribution in [0.15, 0.2) is 24.3 Å². The van der Waals surface area contributed by atoms with Crippen molar-refractivity contribution in [2.45, 2.75) is 39.3 Å². The van der Waals surface area contributed by atoms with E-state index < -0.39 is 0 Å². The Labute approximate surface area is 96.3 Å². The Balaban J connectivity index is 2.50. The summed E-state index contributed by atoms with van der Waals surface area (Å²) < 4.78 is 2.25. The number of rotatable bonds is 4. The van der Waals surface area contributed by atoms with Gasteiger partial charge in [0.25, 0.3) is 0 Å². The quantitative estimate of drug-likeness (QED) is 0.854. The van der Waals surface area contributed by atoms with Gasteiger partial charge in [0, 0.05) is 19.0 Å². The summed E-state index contributed by atoms with van der Waals surface area (Å²) in [5, 5.41) is 0. The lowest BCUT2D eigenvalue weighted by atomic mass is 10.3. The van der Waals surface area contributed by atoms with E-state index in [1.807, 2.05) is 13.0 Å². The van der Waals surface area contributed by atoms with Crippen LogP contribution >= 0.6 is 0 Å². The lowest BCUT2D eigenvalue weighted by Gasteiger charge is -2.11. The van der Waals surface area contributed by atoms with Gasteiger partial charge >= 0.3 is 0 Å². The molecule has 1 atom stereocenters. The molecule has 2 N–H and O–H groups in total. The smallest absolute Gasteiger partial charge is 0.109 e. The van der Waals surface area contributed by atoms with Gasteiger partial charge < -0.3 is 10.3 Å². The first kappa shape index (κ1) is 11.1. The number of benzene rings is 1. The van der Waals surface area contributed by atoms with E-state index in [2.05, 4.69) is 34.7 Å². The molecule has 0 saturated heterocycles. The Bertz CT molecular complexity index is 471. The molecule has 1 aromatic carbocycles. The van der Waals surface area contributed by atoms with Crippen LogP contribution in [-0.4, -0.2) is 15.6 Å². The minimum Gasteiger partial charge on any atom is -0.326 e. The van der Waals surface area contributed by atoms with Gasteiger partial charge in [0.2, 0.25) is 0 Å². The molecule has 3 heteroatoms. The maximum atomic E-state index is 5.89. The summed E-state index contributed by atoms with van der Waals surface area (Å²) in [6.45, 7) is 5.05. The second-order valence-electron chi connectivity index (χ2n) is 4.35. The third-order valence-corrected chi connectivity index (χ3v) is 2.68. The molecule has 0 spiro atoms. The molecular formula is C13H19N3. The number of imidazole rings is 1. The lowest BCUT2D eigenvalue weighted by Crippen LogP contribution is -2.23. The first-order valence-corrected chi connectivity index (χ1v) is 5.92. The van der Waals surface area contributed by atoms with Crippen molar-refractivity contribution in [3.05, 3.63) is 30.1 Å². The zero-order valence-electron chi connectivity index (χ0n) is 9.98. The predicted molar refractivity (Wildman–Crippen MR) is 67.4 cm³/mol. The molecule has 86 valence electrons. The molecule has 0 amide bonds. The van der Waals surface area contributed by atoms with Gasteiger partial charge in [-0.1, -0.05) is 19.1 Å². The number of para-hydroxylation sites is 2. The molecule has 3 nitrogen and oxygen atoms in total. The molecular weight excluding hydrogens is 198 g/mol. The Morgan fingerprint density at radius 2 is 2.12 bits per heavy atom. The van der Waals surface area contributed by atoms with E-state index in [1.54, 1.807) is 0 Å². The highest BCUT2D eigenvalue weighted by atomic mass is 15.1. The van der Waals surface area contributed by atoms with Gasteiger partial charge in [-0.05, 0) is 25.5 Å². The zero-order valence-corrected chi connectivity index (χ0v) is 9.98. The molecule has 0 aliphatic carbocycles. The van der Waals surface area contributed by atoms with Crippen molar-refractivity contribution in [1.82, 2.24) is 9.55 Å². The van der Waals surface area contributed by atoms with E-state index in [0.29, 0.717) is 0 Å². The van der Waals surface area contributed by atoms with Crippen molar-refractivity contribution in [2.75, 3.05) is 0 Å². The molecule has 0 unspecified atom stereocenters. The number of nitrogens with zero attached hydrogens (tertiary/aromatic N) is 2. The van der Waals surface area contributed by atoms with Crippen LogP contribution < -0.4 is 5.73 Å². The number of aromatic nitrogens is 2. The summed E-state index contributed by atoms with van der Waals surface area (Å²) in [5.41, 5.74) is 8.16. The monoisotopic (exact) mass is 217 g/mol. The first-order chi connectivity index (χ1) is 7.72. The van der Waals surface area contributed by atoms with Gasteiger partial charge in [-0.3, -0.25) is 0 Å². The number of hydrogen-bond donors (Lipinski definition) is 1. The molecule has 0 aliphatic rings. The van der Waals surface area contributed by atoms with Crippen LogP contribution in [0, 0.1) is 0 Å². The van der Waals surface area contributed by atoms with Crippen LogP contribution in [0.4, 0.5) is 0 Å². The maximum Gasteiger partial charge on any atom is 0.109 e. The highest BCUT2D eigenvalue weighted by molar-refractivity contribution is 5.75. The highest BCUT2D eigenvalue weighted by Crippen LogP contribution is 2.17. The molecule has 2 rings (SSSR count). The standard InChI is InChI=1S/C13H19N3/c1-3-6-13-15-11-7-4-5-8-12(11)16(13)9-10(2)14/h4-5,7-8,10H,3,6,9,14H2,1-2H3/t10-/m0/s1. The van der Waals surface area contributed by atoms with Crippen LogP contribution in [0.25, 0.3) is 11.0 Å². The second kappa shape index (κ2) is 4.66. The average Bonchev–Trinajstić information content (AvgIpc) is 2.57. The molecule has 0 bridgehead atoms. The molecule has 0 saturated carbocycles. The van der Waals surface area contributed by atoms with Gasteiger partial charge in [0.15, 0.2) is 0 Å². The fourth-order valence-electron chi connectivity index (χ4n) is 2.03. The van der Waals surface area contributed by atoms with E-state index in [0.717, 1.165) is 30.7 Å². The fourth-order valence-corrected chi connectivity index (χ4v) is 2.03. The molecule has 2 aromatic rings. The number of aryl methyl sites for hydroxylation is 1. The molecule has 1 aromatic heterocycles. The summed E-state index contributed by atoms with van der Waals surface area (Å²) >= 11 is 0. The Morgan fingerprint density at radius 3 is 2.81 bits per heavy atom. The third-order valence-electron chi connectivity index (χ3n) is 2.68. The highest BCUT2D eigenvalue weighted by Gasteiger charge is 2.10. The predicted octanol–water partition coefficient (Wildman–Crippen LogP) is 2.34. The molecule has 0 fully saturated rings. The topological polar surface area (TPSA) is 43.8 Å². The normalized spacial score (nSPS) is 13.2. The van der Waals surface area contributed by atoms with E-state index in [-0.39, 0.29) is 6.04 Å². The first-order valence-electron chi connectivity index (χ1n) is 5.92. The van der Waals surface area contributed by atoms with Crippen molar-refractivity contribution < 1.29 is 0 Å². The van der Waals surface area contributed by atoms with E-state index in [4.69, 9.17) is 5.73 Å². The summed E-state index contributed by atoms with van der Waals surface area (Å²) in [6, 6.07) is 8.42. The van der Waals surface area contributed by atoms with Crippen molar-refractivity contribution in [3.8, 4) is 0 Å². The van der Waals surface area contributed by atoms with Gasteiger partial charge in [-0.2, -0.15) is 0 Å². The van der Waals surface area contributed by atoms with Gasteiger partial charge in [0.1, 0.15) is 5.82 Å². The third kappa shape index (κ3) is 2.09. The van der Waals surface area contributed by atoms with Gasteiger partial charge in [0.05, 0.1) is 11.0 Å². The average molecular weight is 217 g/mol. The SMILES string of the molecule is CCCc1nc2ccccc2n1C[C@H](C)N. The summed E-state index contributed by atoms with van der Waals surface area (Å²) in [5.74, 6) is 1.15. The van der Waals surface area contributed by atoms with Crippen molar-refractivity contribution >= 4 is 11.0 Å². The molecule has 0 radical (unpaired) electrons. The van der Waals surface area contributed by atoms with E-state index in [1.165, 1.54) is 5.52 Å². The largest absolute Gasteiger partial charge is 0.326 e. The summed E-state index contributed by atoms with van der Waals surface area (Å²) in [4.78, 5) is 4.66. The van der Waals surface area contributed by atoms with Gasteiger partial charge in [-0.15, -0.1) is 0 Å². The second-order valence-corrected chi connectivity index (χ2v) is 4.35. The van der Waals surface area contributed by atoms with Gasteiger partial charge in [-0.25, -0.2) is 4.98 Å². The number of fused-ring (bicyclic) bond motifs is 1. The Hall–Kier alpha value is -1.35. The summed E-state index contributed by atoms with van der Waals surface area (Å²) in [7, 11) is 0. The van der Waals surface area contributed by atoms with Crippen LogP contribution in [0.2, 0.25) is 0 Å². The minimum atomic E-state index is 0.160. The van der Waals surface area contributed by atoms with Crippen LogP contribution in [-0.2, 0) is 13.0 Å². The van der Waals surface area contributed by atoms with Crippen LogP contribution in [0.1, 0.15) is 26.1 Å². The van der Waals surface area contributed by atoms with E-state index >= 15 is 0 Å². The van der Waals surface area contributed by atoms with Crippen molar-refractivity contribution in [2.24, 2.45) is 5.73 Å². The lowest BCUT2D eigenvalue weighted by molar-refractivity contribution is 0.575. The maximum absolute atomic E-state index is 5.89. The molecule has 0 aliphatic heterocycles.